The molecule has 0 atom stereocenters. The molecule has 0 aliphatic carbocycles. The van der Waals surface area contributed by atoms with Crippen LogP contribution in [-0.4, -0.2) is 37.9 Å². The van der Waals surface area contributed by atoms with E-state index in [1.165, 1.54) is 0 Å². The molecule has 0 aliphatic heterocycles. The van der Waals surface area contributed by atoms with Gasteiger partial charge in [0.1, 0.15) is 17.0 Å². The average Bonchev–Trinajstić information content (AvgIpc) is 3.46. The van der Waals surface area contributed by atoms with E-state index in [9.17, 15) is 4.79 Å². The summed E-state index contributed by atoms with van der Waals surface area (Å²) in [4.78, 5) is 21.6. The molecule has 0 radical (unpaired) electrons. The van der Waals surface area contributed by atoms with E-state index in [4.69, 9.17) is 19.8 Å². The van der Waals surface area contributed by atoms with Gasteiger partial charge in [0.2, 0.25) is 5.88 Å². The van der Waals surface area contributed by atoms with E-state index >= 15 is 0 Å². The van der Waals surface area contributed by atoms with Crippen LogP contribution in [0.3, 0.4) is 0 Å². The van der Waals surface area contributed by atoms with Gasteiger partial charge in [0, 0.05) is 23.9 Å². The number of imidazole rings is 1. The second-order valence-corrected chi connectivity index (χ2v) is 7.50. The monoisotopic (exact) mass is 471 g/mol. The number of aromatic nitrogens is 5. The molecule has 0 aliphatic rings. The lowest BCUT2D eigenvalue weighted by atomic mass is 10.2. The molecule has 11 heteroatoms. The number of aryl methyl sites for hydroxylation is 1. The largest absolute Gasteiger partial charge is 0.497 e. The van der Waals surface area contributed by atoms with Crippen molar-refractivity contribution in [3.8, 4) is 28.9 Å². The highest BCUT2D eigenvalue weighted by Crippen LogP contribution is 2.29. The number of nitrogen functional groups attached to an aromatic ring is 1. The van der Waals surface area contributed by atoms with E-state index in [2.05, 4.69) is 25.6 Å². The third kappa shape index (κ3) is 4.34. The Kier molecular flexibility index (Phi) is 5.71. The van der Waals surface area contributed by atoms with Crippen LogP contribution >= 0.6 is 0 Å². The summed E-state index contributed by atoms with van der Waals surface area (Å²) in [5, 5.41) is 10.3. The molecule has 5 aromatic rings. The van der Waals surface area contributed by atoms with Crippen LogP contribution in [0, 0.1) is 0 Å². The number of fused-ring (bicyclic) bond motifs is 1. The number of benzene rings is 2. The van der Waals surface area contributed by atoms with E-state index in [1.54, 1.807) is 67.9 Å². The molecule has 0 saturated heterocycles. The van der Waals surface area contributed by atoms with Crippen LogP contribution in [0.1, 0.15) is 17.3 Å². The van der Waals surface area contributed by atoms with Crippen molar-refractivity contribution in [3.05, 3.63) is 66.4 Å². The molecule has 3 N–H and O–H groups in total. The van der Waals surface area contributed by atoms with Gasteiger partial charge in [-0.1, -0.05) is 6.07 Å². The number of hydrogen-bond donors (Lipinski definition) is 2. The first kappa shape index (κ1) is 21.9. The molecule has 0 saturated carbocycles. The summed E-state index contributed by atoms with van der Waals surface area (Å²) in [5.41, 5.74) is 8.73. The summed E-state index contributed by atoms with van der Waals surface area (Å²) in [6.45, 7) is 2.57. The van der Waals surface area contributed by atoms with Crippen LogP contribution in [0.25, 0.3) is 22.6 Å². The minimum Gasteiger partial charge on any atom is -0.497 e. The summed E-state index contributed by atoms with van der Waals surface area (Å²) in [6.07, 6.45) is 1.60. The molecular weight excluding hydrogens is 450 g/mol. The zero-order chi connectivity index (χ0) is 24.4. The van der Waals surface area contributed by atoms with Gasteiger partial charge in [0.15, 0.2) is 17.3 Å². The molecule has 176 valence electrons. The third-order valence-corrected chi connectivity index (χ3v) is 5.32. The first-order valence-electron chi connectivity index (χ1n) is 10.7. The maximum Gasteiger partial charge on any atom is 0.255 e. The Morgan fingerprint density at radius 1 is 1.11 bits per heavy atom. The molecule has 0 spiro atoms. The lowest BCUT2D eigenvalue weighted by molar-refractivity contribution is 0.102. The van der Waals surface area contributed by atoms with Crippen LogP contribution in [0.5, 0.6) is 17.4 Å². The topological polar surface area (TPSA) is 143 Å². The predicted octanol–water partition coefficient (Wildman–Crippen LogP) is 4.14. The maximum absolute atomic E-state index is 12.7. The van der Waals surface area contributed by atoms with Crippen molar-refractivity contribution in [2.24, 2.45) is 0 Å². The molecule has 35 heavy (non-hydrogen) atoms. The molecular formula is C24H21N7O4. The Morgan fingerprint density at radius 2 is 1.94 bits per heavy atom. The van der Waals surface area contributed by atoms with Crippen molar-refractivity contribution in [2.45, 2.75) is 13.5 Å². The van der Waals surface area contributed by atoms with Gasteiger partial charge in [0.05, 0.1) is 18.8 Å². The Morgan fingerprint density at radius 3 is 2.66 bits per heavy atom. The van der Waals surface area contributed by atoms with Crippen LogP contribution in [0.15, 0.2) is 65.4 Å². The zero-order valence-electron chi connectivity index (χ0n) is 18.9. The lowest BCUT2D eigenvalue weighted by Crippen LogP contribution is -2.11. The number of anilines is 2. The van der Waals surface area contributed by atoms with Crippen molar-refractivity contribution < 1.29 is 18.9 Å². The molecule has 2 aromatic carbocycles. The summed E-state index contributed by atoms with van der Waals surface area (Å²) in [5.74, 6) is 1.93. The quantitative estimate of drug-likeness (QED) is 0.358. The average molecular weight is 471 g/mol. The predicted molar refractivity (Wildman–Crippen MR) is 128 cm³/mol. The van der Waals surface area contributed by atoms with Gasteiger partial charge in [-0.05, 0) is 59.7 Å². The molecule has 11 nitrogen and oxygen atoms in total. The fraction of sp³-hybridized carbons (Fsp3) is 0.125. The number of carbonyl (C=O) groups excluding carboxylic acids is 1. The van der Waals surface area contributed by atoms with Gasteiger partial charge in [0.25, 0.3) is 5.91 Å². The van der Waals surface area contributed by atoms with Gasteiger partial charge in [-0.15, -0.1) is 0 Å². The fourth-order valence-corrected chi connectivity index (χ4v) is 3.62. The lowest BCUT2D eigenvalue weighted by Gasteiger charge is -2.09. The third-order valence-electron chi connectivity index (χ3n) is 5.32. The molecule has 1 amide bonds. The fourth-order valence-electron chi connectivity index (χ4n) is 3.62. The molecule has 0 unspecified atom stereocenters. The number of carbonyl (C=O) groups is 1. The summed E-state index contributed by atoms with van der Waals surface area (Å²) in [7, 11) is 1.59. The van der Waals surface area contributed by atoms with Crippen molar-refractivity contribution in [1.29, 1.82) is 0 Å². The number of ether oxygens (including phenoxy) is 2. The minimum atomic E-state index is -0.267. The van der Waals surface area contributed by atoms with Crippen LogP contribution < -0.4 is 20.5 Å². The summed E-state index contributed by atoms with van der Waals surface area (Å²) >= 11 is 0. The van der Waals surface area contributed by atoms with E-state index < -0.39 is 0 Å². The maximum atomic E-state index is 12.7. The van der Waals surface area contributed by atoms with Crippen molar-refractivity contribution in [2.75, 3.05) is 18.2 Å². The molecule has 0 fully saturated rings. The number of nitrogens with zero attached hydrogens (tertiary/aromatic N) is 5. The Hall–Kier alpha value is -4.93. The van der Waals surface area contributed by atoms with Crippen LogP contribution in [-0.2, 0) is 6.54 Å². The Bertz CT molecular complexity index is 1510. The van der Waals surface area contributed by atoms with E-state index in [1.807, 2.05) is 11.5 Å². The zero-order valence-corrected chi connectivity index (χ0v) is 18.9. The van der Waals surface area contributed by atoms with Gasteiger partial charge < -0.3 is 25.1 Å². The van der Waals surface area contributed by atoms with Gasteiger partial charge in [-0.2, -0.15) is 0 Å². The van der Waals surface area contributed by atoms with E-state index in [0.717, 1.165) is 5.52 Å². The normalized spacial score (nSPS) is 10.9. The number of pyridine rings is 1. The van der Waals surface area contributed by atoms with E-state index in [-0.39, 0.29) is 11.7 Å². The number of rotatable bonds is 7. The van der Waals surface area contributed by atoms with Gasteiger partial charge in [-0.25, -0.2) is 14.6 Å². The van der Waals surface area contributed by atoms with Crippen molar-refractivity contribution >= 4 is 28.4 Å². The van der Waals surface area contributed by atoms with Crippen LogP contribution in [0.2, 0.25) is 0 Å². The first-order valence-corrected chi connectivity index (χ1v) is 10.7. The smallest absolute Gasteiger partial charge is 0.255 e. The number of methoxy groups -OCH3 is 1. The van der Waals surface area contributed by atoms with Gasteiger partial charge >= 0.3 is 0 Å². The van der Waals surface area contributed by atoms with E-state index in [0.29, 0.717) is 52.2 Å². The highest BCUT2D eigenvalue weighted by molar-refractivity contribution is 6.04. The summed E-state index contributed by atoms with van der Waals surface area (Å²) in [6, 6.07) is 15.7. The van der Waals surface area contributed by atoms with Crippen molar-refractivity contribution in [1.82, 2.24) is 24.8 Å². The number of nitrogens with one attached hydrogen (secondary N) is 1. The SMILES string of the molecule is CCn1c(-c2nonc2N)nc2cnc(Oc3cccc(C(=O)Nc4ccc(OC)cc4)c3)cc21. The van der Waals surface area contributed by atoms with Crippen molar-refractivity contribution in [3.63, 3.8) is 0 Å². The number of hydrogen-bond acceptors (Lipinski definition) is 9. The number of nitrogens with two attached hydrogens (primary N) is 1. The van der Waals surface area contributed by atoms with Gasteiger partial charge in [-0.3, -0.25) is 4.79 Å². The minimum absolute atomic E-state index is 0.157. The summed E-state index contributed by atoms with van der Waals surface area (Å²) < 4.78 is 17.7. The molecule has 5 rings (SSSR count). The highest BCUT2D eigenvalue weighted by atomic mass is 16.6. The Balaban J connectivity index is 1.38. The molecule has 3 aromatic heterocycles. The van der Waals surface area contributed by atoms with Crippen LogP contribution in [0.4, 0.5) is 11.5 Å². The molecule has 3 heterocycles. The highest BCUT2D eigenvalue weighted by Gasteiger charge is 2.19. The first-order chi connectivity index (χ1) is 17.1. The standard InChI is InChI=1S/C24H21N7O4/c1-3-31-19-12-20(26-13-18(19)28-23(31)21-22(25)30-35-29-21)34-17-6-4-5-14(11-17)24(32)27-15-7-9-16(33-2)10-8-15/h4-13H,3H2,1-2H3,(H2,25,30)(H,27,32). The second kappa shape index (κ2) is 9.14. The second-order valence-electron chi connectivity index (χ2n) is 7.50. The number of amides is 1. The molecule has 0 bridgehead atoms. The Labute approximate surface area is 199 Å².